The second-order valence-corrected chi connectivity index (χ2v) is 9.94. The molecular weight excluding hydrogens is 503 g/mol. The molecule has 2 saturated carbocycles. The molecule has 4 fully saturated rings. The lowest BCUT2D eigenvalue weighted by atomic mass is 9.55. The standard InChI is InChI=1S/C24H44N4O2.HI/c1-3-25-23(26-20-8-13-28(14-9-20)17-19-10-15-29-18-19)27-21-16-22(30-4-2)24(21)11-6-5-7-12-24;/h19-22H,3-18H2,1-2H3,(H2,25,26,27);1H. The summed E-state index contributed by atoms with van der Waals surface area (Å²) in [5, 5.41) is 7.64. The number of rotatable bonds is 7. The molecule has 0 aromatic rings. The summed E-state index contributed by atoms with van der Waals surface area (Å²) < 4.78 is 11.7. The van der Waals surface area contributed by atoms with Crippen molar-refractivity contribution in [3.05, 3.63) is 0 Å². The van der Waals surface area contributed by atoms with Gasteiger partial charge in [-0.05, 0) is 58.3 Å². The van der Waals surface area contributed by atoms with Crippen LogP contribution in [-0.2, 0) is 9.47 Å². The number of nitrogens with one attached hydrogen (secondary N) is 2. The molecule has 0 amide bonds. The molecule has 6 nitrogen and oxygen atoms in total. The maximum Gasteiger partial charge on any atom is 0.191 e. The third-order valence-electron chi connectivity index (χ3n) is 8.03. The monoisotopic (exact) mass is 548 g/mol. The van der Waals surface area contributed by atoms with Gasteiger partial charge >= 0.3 is 0 Å². The molecule has 3 atom stereocenters. The molecule has 180 valence electrons. The van der Waals surface area contributed by atoms with Gasteiger partial charge in [-0.2, -0.15) is 0 Å². The fraction of sp³-hybridized carbons (Fsp3) is 0.958. The van der Waals surface area contributed by atoms with Gasteiger partial charge in [0.1, 0.15) is 0 Å². The summed E-state index contributed by atoms with van der Waals surface area (Å²) in [7, 11) is 0. The molecule has 2 aliphatic carbocycles. The molecule has 0 radical (unpaired) electrons. The van der Waals surface area contributed by atoms with Crippen molar-refractivity contribution in [2.24, 2.45) is 16.3 Å². The van der Waals surface area contributed by atoms with E-state index >= 15 is 0 Å². The zero-order valence-corrected chi connectivity index (χ0v) is 22.1. The van der Waals surface area contributed by atoms with Crippen molar-refractivity contribution in [1.29, 1.82) is 0 Å². The van der Waals surface area contributed by atoms with Crippen LogP contribution >= 0.6 is 24.0 Å². The van der Waals surface area contributed by atoms with Crippen molar-refractivity contribution in [3.8, 4) is 0 Å². The van der Waals surface area contributed by atoms with Crippen LogP contribution in [0.5, 0.6) is 0 Å². The Hall–Kier alpha value is -0.120. The molecule has 31 heavy (non-hydrogen) atoms. The average molecular weight is 549 g/mol. The van der Waals surface area contributed by atoms with Crippen molar-refractivity contribution < 1.29 is 9.47 Å². The summed E-state index contributed by atoms with van der Waals surface area (Å²) in [6.07, 6.45) is 11.9. The van der Waals surface area contributed by atoms with Gasteiger partial charge in [-0.1, -0.05) is 19.3 Å². The van der Waals surface area contributed by atoms with Crippen LogP contribution in [0.1, 0.15) is 71.6 Å². The second kappa shape index (κ2) is 12.4. The largest absolute Gasteiger partial charge is 0.381 e. The average Bonchev–Trinajstić information content (AvgIpc) is 3.28. The minimum Gasteiger partial charge on any atom is -0.381 e. The molecule has 2 saturated heterocycles. The summed E-state index contributed by atoms with van der Waals surface area (Å²) in [6, 6.07) is 1.04. The van der Waals surface area contributed by atoms with Crippen molar-refractivity contribution in [3.63, 3.8) is 0 Å². The number of ether oxygens (including phenoxy) is 2. The van der Waals surface area contributed by atoms with Crippen LogP contribution in [0.15, 0.2) is 4.99 Å². The lowest BCUT2D eigenvalue weighted by molar-refractivity contribution is -0.145. The van der Waals surface area contributed by atoms with E-state index in [1.807, 2.05) is 0 Å². The predicted octanol–water partition coefficient (Wildman–Crippen LogP) is 3.79. The maximum absolute atomic E-state index is 6.14. The van der Waals surface area contributed by atoms with Gasteiger partial charge in [0.05, 0.1) is 12.7 Å². The number of likely N-dealkylation sites (tertiary alicyclic amines) is 1. The smallest absolute Gasteiger partial charge is 0.191 e. The Bertz CT molecular complexity index is 556. The lowest BCUT2D eigenvalue weighted by Crippen LogP contribution is -2.67. The molecule has 3 unspecified atom stereocenters. The minimum atomic E-state index is 0. The SMILES string of the molecule is CCN=C(NC1CCN(CC2CCOC2)CC1)NC1CC(OCC)C12CCCCC2.I. The molecular formula is C24H45IN4O2. The summed E-state index contributed by atoms with van der Waals surface area (Å²) in [6.45, 7) is 11.4. The van der Waals surface area contributed by atoms with Gasteiger partial charge in [0, 0.05) is 56.9 Å². The number of piperidine rings is 1. The molecule has 0 bridgehead atoms. The van der Waals surface area contributed by atoms with E-state index in [0.29, 0.717) is 23.6 Å². The first-order chi connectivity index (χ1) is 14.7. The predicted molar refractivity (Wildman–Crippen MR) is 137 cm³/mol. The van der Waals surface area contributed by atoms with Crippen LogP contribution < -0.4 is 10.6 Å². The van der Waals surface area contributed by atoms with Crippen molar-refractivity contribution in [1.82, 2.24) is 15.5 Å². The third kappa shape index (κ3) is 6.27. The van der Waals surface area contributed by atoms with E-state index in [2.05, 4.69) is 29.4 Å². The Balaban J connectivity index is 0.00000272. The van der Waals surface area contributed by atoms with Gasteiger partial charge in [-0.15, -0.1) is 24.0 Å². The summed E-state index contributed by atoms with van der Waals surface area (Å²) >= 11 is 0. The van der Waals surface area contributed by atoms with Crippen LogP contribution in [0.2, 0.25) is 0 Å². The van der Waals surface area contributed by atoms with Gasteiger partial charge < -0.3 is 25.0 Å². The molecule has 2 heterocycles. The Labute approximate surface area is 206 Å². The normalized spacial score (nSPS) is 31.8. The molecule has 4 rings (SSSR count). The minimum absolute atomic E-state index is 0. The van der Waals surface area contributed by atoms with Gasteiger partial charge in [-0.3, -0.25) is 4.99 Å². The topological polar surface area (TPSA) is 58.1 Å². The lowest BCUT2D eigenvalue weighted by Gasteiger charge is -2.58. The number of hydrogen-bond donors (Lipinski definition) is 2. The number of halogens is 1. The van der Waals surface area contributed by atoms with Gasteiger partial charge in [0.2, 0.25) is 0 Å². The molecule has 2 N–H and O–H groups in total. The van der Waals surface area contributed by atoms with Crippen molar-refractivity contribution in [2.75, 3.05) is 46.0 Å². The van der Waals surface area contributed by atoms with E-state index in [9.17, 15) is 0 Å². The highest BCUT2D eigenvalue weighted by atomic mass is 127. The van der Waals surface area contributed by atoms with E-state index in [0.717, 1.165) is 44.7 Å². The van der Waals surface area contributed by atoms with Gasteiger partial charge in [-0.25, -0.2) is 0 Å². The first-order valence-electron chi connectivity index (χ1n) is 12.7. The first kappa shape index (κ1) is 25.5. The van der Waals surface area contributed by atoms with E-state index in [1.165, 1.54) is 71.0 Å². The molecule has 2 aliphatic heterocycles. The summed E-state index contributed by atoms with van der Waals surface area (Å²) in [5.74, 6) is 1.78. The van der Waals surface area contributed by atoms with Crippen LogP contribution in [-0.4, -0.2) is 75.0 Å². The van der Waals surface area contributed by atoms with Crippen molar-refractivity contribution >= 4 is 29.9 Å². The Morgan fingerprint density at radius 3 is 2.52 bits per heavy atom. The molecule has 0 aromatic heterocycles. The summed E-state index contributed by atoms with van der Waals surface area (Å²) in [4.78, 5) is 7.45. The van der Waals surface area contributed by atoms with Crippen LogP contribution in [0, 0.1) is 11.3 Å². The van der Waals surface area contributed by atoms with E-state index in [4.69, 9.17) is 14.5 Å². The number of hydrogen-bond acceptors (Lipinski definition) is 4. The molecule has 7 heteroatoms. The zero-order valence-electron chi connectivity index (χ0n) is 19.7. The number of guanidine groups is 1. The van der Waals surface area contributed by atoms with Crippen LogP contribution in [0.4, 0.5) is 0 Å². The fourth-order valence-electron chi connectivity index (χ4n) is 6.27. The Morgan fingerprint density at radius 2 is 1.87 bits per heavy atom. The zero-order chi connectivity index (χ0) is 20.8. The van der Waals surface area contributed by atoms with E-state index in [-0.39, 0.29) is 24.0 Å². The fourth-order valence-corrected chi connectivity index (χ4v) is 6.27. The second-order valence-electron chi connectivity index (χ2n) is 9.94. The van der Waals surface area contributed by atoms with Crippen LogP contribution in [0.25, 0.3) is 0 Å². The van der Waals surface area contributed by atoms with Gasteiger partial charge in [0.25, 0.3) is 0 Å². The molecule has 1 spiro atoms. The van der Waals surface area contributed by atoms with Crippen LogP contribution in [0.3, 0.4) is 0 Å². The first-order valence-corrected chi connectivity index (χ1v) is 12.7. The third-order valence-corrected chi connectivity index (χ3v) is 8.03. The van der Waals surface area contributed by atoms with Crippen molar-refractivity contribution in [2.45, 2.75) is 89.8 Å². The number of nitrogens with zero attached hydrogens (tertiary/aromatic N) is 2. The number of aliphatic imine (C=N–C) groups is 1. The van der Waals surface area contributed by atoms with E-state index in [1.54, 1.807) is 0 Å². The Morgan fingerprint density at radius 1 is 1.10 bits per heavy atom. The van der Waals surface area contributed by atoms with Gasteiger partial charge in [0.15, 0.2) is 5.96 Å². The van der Waals surface area contributed by atoms with E-state index < -0.39 is 0 Å². The Kier molecular flexibility index (Phi) is 10.2. The highest BCUT2D eigenvalue weighted by molar-refractivity contribution is 14.0. The molecule has 0 aromatic carbocycles. The quantitative estimate of drug-likeness (QED) is 0.288. The maximum atomic E-state index is 6.14. The molecule has 4 aliphatic rings. The highest BCUT2D eigenvalue weighted by Crippen LogP contribution is 2.53. The summed E-state index contributed by atoms with van der Waals surface area (Å²) in [5.41, 5.74) is 0.331. The highest BCUT2D eigenvalue weighted by Gasteiger charge is 2.56.